The third kappa shape index (κ3) is 3.34. The first-order valence-electron chi connectivity index (χ1n) is 6.44. The zero-order chi connectivity index (χ0) is 16.4. The molecule has 1 aromatic carbocycles. The first kappa shape index (κ1) is 15.9. The summed E-state index contributed by atoms with van der Waals surface area (Å²) in [6, 6.07) is 8.05. The number of hydrogen-bond acceptors (Lipinski definition) is 5. The van der Waals surface area contributed by atoms with Crippen LogP contribution in [0.1, 0.15) is 0 Å². The molecule has 0 bridgehead atoms. The molecule has 0 aliphatic rings. The van der Waals surface area contributed by atoms with Gasteiger partial charge in [-0.1, -0.05) is 11.6 Å². The van der Waals surface area contributed by atoms with Gasteiger partial charge in [-0.05, 0) is 30.3 Å². The molecule has 0 aliphatic carbocycles. The van der Waals surface area contributed by atoms with Gasteiger partial charge < -0.3 is 4.74 Å². The first-order valence-corrected chi connectivity index (χ1v) is 9.18. The fourth-order valence-corrected chi connectivity index (χ4v) is 4.44. The number of benzene rings is 1. The van der Waals surface area contributed by atoms with Crippen LogP contribution < -0.4 is 9.46 Å². The lowest BCUT2D eigenvalue weighted by Crippen LogP contribution is -2.11. The maximum absolute atomic E-state index is 12.4. The Kier molecular flexibility index (Phi) is 4.29. The molecule has 0 saturated carbocycles. The van der Waals surface area contributed by atoms with Gasteiger partial charge in [-0.15, -0.1) is 11.3 Å². The molecular weight excluding hydrogens is 358 g/mol. The molecule has 0 unspecified atom stereocenters. The van der Waals surface area contributed by atoms with Crippen molar-refractivity contribution >= 4 is 38.6 Å². The predicted octanol–water partition coefficient (Wildman–Crippen LogP) is 3.60. The minimum atomic E-state index is -3.69. The van der Waals surface area contributed by atoms with E-state index in [0.29, 0.717) is 16.5 Å². The highest BCUT2D eigenvalue weighted by Crippen LogP contribution is 2.31. The second-order valence-corrected chi connectivity index (χ2v) is 7.81. The second-order valence-electron chi connectivity index (χ2n) is 4.58. The van der Waals surface area contributed by atoms with E-state index in [1.54, 1.807) is 35.8 Å². The SMILES string of the molecule is COc1ccc(NS(=O)(=O)c2cc(-c3ccn[nH]3)cs2)cc1Cl. The Labute approximate surface area is 142 Å². The summed E-state index contributed by atoms with van der Waals surface area (Å²) in [4.78, 5) is 0. The topological polar surface area (TPSA) is 84.1 Å². The van der Waals surface area contributed by atoms with Crippen LogP contribution in [0.25, 0.3) is 11.3 Å². The number of H-pyrrole nitrogens is 1. The number of rotatable bonds is 5. The molecule has 0 saturated heterocycles. The lowest BCUT2D eigenvalue weighted by atomic mass is 10.2. The van der Waals surface area contributed by atoms with Gasteiger partial charge in [0.2, 0.25) is 0 Å². The maximum atomic E-state index is 12.4. The van der Waals surface area contributed by atoms with Crippen LogP contribution in [0.2, 0.25) is 5.02 Å². The molecule has 120 valence electrons. The lowest BCUT2D eigenvalue weighted by molar-refractivity contribution is 0.415. The number of halogens is 1. The summed E-state index contributed by atoms with van der Waals surface area (Å²) in [5.74, 6) is 0.479. The molecule has 23 heavy (non-hydrogen) atoms. The first-order chi connectivity index (χ1) is 11.0. The number of thiophene rings is 1. The number of nitrogens with zero attached hydrogens (tertiary/aromatic N) is 1. The van der Waals surface area contributed by atoms with E-state index in [4.69, 9.17) is 16.3 Å². The summed E-state index contributed by atoms with van der Waals surface area (Å²) in [6.45, 7) is 0. The average Bonchev–Trinajstić information content (AvgIpc) is 3.18. The summed E-state index contributed by atoms with van der Waals surface area (Å²) in [7, 11) is -2.19. The molecule has 3 rings (SSSR count). The smallest absolute Gasteiger partial charge is 0.271 e. The predicted molar refractivity (Wildman–Crippen MR) is 90.7 cm³/mol. The Balaban J connectivity index is 1.86. The molecule has 0 aliphatic heterocycles. The number of sulfonamides is 1. The zero-order valence-electron chi connectivity index (χ0n) is 11.9. The van der Waals surface area contributed by atoms with Gasteiger partial charge in [0.05, 0.1) is 23.5 Å². The van der Waals surface area contributed by atoms with Crippen LogP contribution in [0, 0.1) is 0 Å². The molecule has 2 N–H and O–H groups in total. The number of nitrogens with one attached hydrogen (secondary N) is 2. The molecule has 9 heteroatoms. The Morgan fingerprint density at radius 3 is 2.78 bits per heavy atom. The number of aromatic nitrogens is 2. The summed E-state index contributed by atoms with van der Waals surface area (Å²) in [5.41, 5.74) is 1.89. The van der Waals surface area contributed by atoms with Crippen molar-refractivity contribution in [3.05, 3.63) is 46.9 Å². The van der Waals surface area contributed by atoms with Gasteiger partial charge in [-0.25, -0.2) is 8.42 Å². The van der Waals surface area contributed by atoms with Crippen molar-refractivity contribution in [1.82, 2.24) is 10.2 Å². The van der Waals surface area contributed by atoms with Crippen molar-refractivity contribution in [3.8, 4) is 17.0 Å². The van der Waals surface area contributed by atoms with Crippen molar-refractivity contribution in [1.29, 1.82) is 0 Å². The van der Waals surface area contributed by atoms with E-state index in [0.717, 1.165) is 22.6 Å². The van der Waals surface area contributed by atoms with E-state index in [9.17, 15) is 8.42 Å². The number of methoxy groups -OCH3 is 1. The quantitative estimate of drug-likeness (QED) is 0.719. The molecule has 6 nitrogen and oxygen atoms in total. The summed E-state index contributed by atoms with van der Waals surface area (Å²) in [6.07, 6.45) is 1.61. The van der Waals surface area contributed by atoms with E-state index in [-0.39, 0.29) is 4.21 Å². The fourth-order valence-electron chi connectivity index (χ4n) is 1.95. The summed E-state index contributed by atoms with van der Waals surface area (Å²) in [5, 5.41) is 8.73. The molecule has 0 atom stereocenters. The molecule has 0 radical (unpaired) electrons. The number of hydrogen-bond donors (Lipinski definition) is 2. The minimum absolute atomic E-state index is 0.203. The Morgan fingerprint density at radius 2 is 2.13 bits per heavy atom. The van der Waals surface area contributed by atoms with E-state index in [1.807, 2.05) is 0 Å². The summed E-state index contributed by atoms with van der Waals surface area (Å²) >= 11 is 7.14. The molecule has 3 aromatic rings. The highest BCUT2D eigenvalue weighted by Gasteiger charge is 2.18. The third-order valence-electron chi connectivity index (χ3n) is 3.06. The fraction of sp³-hybridized carbons (Fsp3) is 0.0714. The van der Waals surface area contributed by atoms with Crippen molar-refractivity contribution in [3.63, 3.8) is 0 Å². The molecule has 0 fully saturated rings. The average molecular weight is 370 g/mol. The number of ether oxygens (including phenoxy) is 1. The monoisotopic (exact) mass is 369 g/mol. The molecule has 0 spiro atoms. The van der Waals surface area contributed by atoms with Crippen molar-refractivity contribution < 1.29 is 13.2 Å². The highest BCUT2D eigenvalue weighted by atomic mass is 35.5. The second kappa shape index (κ2) is 6.23. The van der Waals surface area contributed by atoms with Crippen LogP contribution in [-0.4, -0.2) is 25.7 Å². The lowest BCUT2D eigenvalue weighted by Gasteiger charge is -2.08. The Hall–Kier alpha value is -2.03. The largest absolute Gasteiger partial charge is 0.495 e. The Bertz CT molecular complexity index is 921. The third-order valence-corrected chi connectivity index (χ3v) is 6.17. The van der Waals surface area contributed by atoms with Crippen LogP contribution in [0.4, 0.5) is 5.69 Å². The maximum Gasteiger partial charge on any atom is 0.271 e. The van der Waals surface area contributed by atoms with Gasteiger partial charge in [0, 0.05) is 17.1 Å². The van der Waals surface area contributed by atoms with E-state index in [2.05, 4.69) is 14.9 Å². The van der Waals surface area contributed by atoms with Gasteiger partial charge in [0.15, 0.2) is 0 Å². The van der Waals surface area contributed by atoms with Crippen LogP contribution in [0.3, 0.4) is 0 Å². The minimum Gasteiger partial charge on any atom is -0.495 e. The van der Waals surface area contributed by atoms with Crippen molar-refractivity contribution in [2.45, 2.75) is 4.21 Å². The van der Waals surface area contributed by atoms with Crippen molar-refractivity contribution in [2.75, 3.05) is 11.8 Å². The molecular formula is C14H12ClN3O3S2. The van der Waals surface area contributed by atoms with Crippen LogP contribution >= 0.6 is 22.9 Å². The molecule has 2 aromatic heterocycles. The summed E-state index contributed by atoms with van der Waals surface area (Å²) < 4.78 is 32.6. The zero-order valence-corrected chi connectivity index (χ0v) is 14.3. The van der Waals surface area contributed by atoms with Gasteiger partial charge in [-0.2, -0.15) is 5.10 Å². The number of aromatic amines is 1. The van der Waals surface area contributed by atoms with E-state index in [1.165, 1.54) is 13.2 Å². The van der Waals surface area contributed by atoms with Crippen LogP contribution in [-0.2, 0) is 10.0 Å². The molecule has 2 heterocycles. The number of anilines is 1. The van der Waals surface area contributed by atoms with Crippen LogP contribution in [0.15, 0.2) is 46.1 Å². The van der Waals surface area contributed by atoms with Gasteiger partial charge >= 0.3 is 0 Å². The van der Waals surface area contributed by atoms with Gasteiger partial charge in [-0.3, -0.25) is 9.82 Å². The Morgan fingerprint density at radius 1 is 1.30 bits per heavy atom. The standard InChI is InChI=1S/C14H12ClN3O3S2/c1-21-13-3-2-10(7-11(13)15)18-23(19,20)14-6-9(8-22-14)12-4-5-16-17-12/h2-8,18H,1H3,(H,16,17). The normalized spacial score (nSPS) is 11.4. The van der Waals surface area contributed by atoms with E-state index < -0.39 is 10.0 Å². The highest BCUT2D eigenvalue weighted by molar-refractivity contribution is 7.94. The van der Waals surface area contributed by atoms with Gasteiger partial charge in [0.1, 0.15) is 9.96 Å². The van der Waals surface area contributed by atoms with E-state index >= 15 is 0 Å². The molecule has 0 amide bonds. The van der Waals surface area contributed by atoms with Gasteiger partial charge in [0.25, 0.3) is 10.0 Å². The van der Waals surface area contributed by atoms with Crippen LogP contribution in [0.5, 0.6) is 5.75 Å². The van der Waals surface area contributed by atoms with Crippen molar-refractivity contribution in [2.24, 2.45) is 0 Å².